The molecule has 0 spiro atoms. The predicted octanol–water partition coefficient (Wildman–Crippen LogP) is 5.98. The lowest BCUT2D eigenvalue weighted by Crippen LogP contribution is -2.52. The Balaban J connectivity index is 1.73. The van der Waals surface area contributed by atoms with E-state index in [2.05, 4.69) is 5.32 Å². The Hall–Kier alpha value is -2.25. The van der Waals surface area contributed by atoms with Gasteiger partial charge in [-0.2, -0.15) is 0 Å². The number of nitrogens with zero attached hydrogens (tertiary/aromatic N) is 1. The van der Waals surface area contributed by atoms with Crippen molar-refractivity contribution < 1.29 is 18.7 Å². The van der Waals surface area contributed by atoms with Gasteiger partial charge in [-0.05, 0) is 49.1 Å². The Morgan fingerprint density at radius 2 is 1.89 bits per heavy atom. The molecule has 0 aromatic heterocycles. The van der Waals surface area contributed by atoms with Crippen LogP contribution in [-0.4, -0.2) is 41.7 Å². The lowest BCUT2D eigenvalue weighted by atomic mass is 9.95. The molecule has 1 atom stereocenters. The van der Waals surface area contributed by atoms with Crippen molar-refractivity contribution in [3.05, 3.63) is 64.4 Å². The minimum atomic E-state index is -0.579. The number of nitrogens with one attached hydrogen (secondary N) is 1. The van der Waals surface area contributed by atoms with Crippen LogP contribution < -0.4 is 10.1 Å². The highest BCUT2D eigenvalue weighted by Gasteiger charge is 2.30. The Bertz CT molecular complexity index is 963. The molecule has 2 aromatic rings. The van der Waals surface area contributed by atoms with E-state index >= 15 is 0 Å². The number of hydrogen-bond acceptors (Lipinski definition) is 4. The molecular formula is C27H34ClFN2O3S. The molecular weight excluding hydrogens is 487 g/mol. The molecule has 1 aliphatic carbocycles. The van der Waals surface area contributed by atoms with Crippen LogP contribution in [0.2, 0.25) is 5.02 Å². The van der Waals surface area contributed by atoms with E-state index in [1.165, 1.54) is 24.2 Å². The van der Waals surface area contributed by atoms with Crippen molar-refractivity contribution in [3.8, 4) is 5.75 Å². The average molecular weight is 521 g/mol. The fourth-order valence-electron chi connectivity index (χ4n) is 4.38. The van der Waals surface area contributed by atoms with Crippen molar-refractivity contribution in [3.63, 3.8) is 0 Å². The number of carbonyl (C=O) groups is 2. The third-order valence-corrected chi connectivity index (χ3v) is 7.68. The highest BCUT2D eigenvalue weighted by molar-refractivity contribution is 7.99. The topological polar surface area (TPSA) is 58.6 Å². The highest BCUT2D eigenvalue weighted by atomic mass is 35.5. The predicted molar refractivity (Wildman–Crippen MR) is 140 cm³/mol. The van der Waals surface area contributed by atoms with E-state index in [0.29, 0.717) is 23.6 Å². The smallest absolute Gasteiger partial charge is 0.243 e. The summed E-state index contributed by atoms with van der Waals surface area (Å²) in [6.07, 6.45) is 5.90. The average Bonchev–Trinajstić information content (AvgIpc) is 2.86. The molecule has 5 nitrogen and oxygen atoms in total. The van der Waals surface area contributed by atoms with Crippen LogP contribution in [-0.2, 0) is 21.9 Å². The molecule has 3 rings (SSSR count). The van der Waals surface area contributed by atoms with Gasteiger partial charge >= 0.3 is 0 Å². The standard InChI is InChI=1S/C27H34ClFN2O3S/c1-3-25(27(33)30-20-8-5-4-6-9-20)31(16-19-12-14-21(34-2)15-13-19)26(32)18-35-17-22-23(28)10-7-11-24(22)29/h7,10-15,20,25H,3-6,8-9,16-18H2,1-2H3,(H,30,33). The van der Waals surface area contributed by atoms with Crippen molar-refractivity contribution in [2.45, 2.75) is 69.8 Å². The Kier molecular flexibility index (Phi) is 10.7. The summed E-state index contributed by atoms with van der Waals surface area (Å²) >= 11 is 7.43. The van der Waals surface area contributed by atoms with Gasteiger partial charge in [-0.15, -0.1) is 11.8 Å². The number of amides is 2. The molecule has 1 fully saturated rings. The first-order valence-corrected chi connectivity index (χ1v) is 13.7. The van der Waals surface area contributed by atoms with E-state index in [1.54, 1.807) is 24.1 Å². The van der Waals surface area contributed by atoms with E-state index in [4.69, 9.17) is 16.3 Å². The number of hydrogen-bond donors (Lipinski definition) is 1. The molecule has 1 aliphatic rings. The Morgan fingerprint density at radius 3 is 2.51 bits per heavy atom. The Morgan fingerprint density at radius 1 is 1.17 bits per heavy atom. The van der Waals surface area contributed by atoms with Crippen LogP contribution in [0.3, 0.4) is 0 Å². The maximum Gasteiger partial charge on any atom is 0.243 e. The first kappa shape index (κ1) is 27.3. The summed E-state index contributed by atoms with van der Waals surface area (Å²) in [6, 6.07) is 11.6. The molecule has 190 valence electrons. The van der Waals surface area contributed by atoms with Gasteiger partial charge in [0.05, 0.1) is 12.9 Å². The summed E-state index contributed by atoms with van der Waals surface area (Å²) in [6.45, 7) is 2.23. The van der Waals surface area contributed by atoms with Crippen molar-refractivity contribution in [2.75, 3.05) is 12.9 Å². The first-order chi connectivity index (χ1) is 16.9. The van der Waals surface area contributed by atoms with E-state index in [1.807, 2.05) is 31.2 Å². The zero-order valence-electron chi connectivity index (χ0n) is 20.4. The number of ether oxygens (including phenoxy) is 1. The summed E-state index contributed by atoms with van der Waals surface area (Å²) < 4.78 is 19.4. The summed E-state index contributed by atoms with van der Waals surface area (Å²) in [5, 5.41) is 3.53. The van der Waals surface area contributed by atoms with E-state index in [-0.39, 0.29) is 35.2 Å². The zero-order valence-corrected chi connectivity index (χ0v) is 22.0. The van der Waals surface area contributed by atoms with E-state index in [0.717, 1.165) is 37.0 Å². The second-order valence-corrected chi connectivity index (χ2v) is 10.2. The molecule has 2 amide bonds. The fraction of sp³-hybridized carbons (Fsp3) is 0.481. The third-order valence-electron chi connectivity index (χ3n) is 6.38. The van der Waals surface area contributed by atoms with Gasteiger partial charge in [0, 0.05) is 28.9 Å². The van der Waals surface area contributed by atoms with Gasteiger partial charge in [-0.3, -0.25) is 9.59 Å². The number of benzene rings is 2. The molecule has 1 saturated carbocycles. The summed E-state index contributed by atoms with van der Waals surface area (Å²) in [7, 11) is 1.60. The molecule has 2 aromatic carbocycles. The van der Waals surface area contributed by atoms with Crippen molar-refractivity contribution in [1.82, 2.24) is 10.2 Å². The zero-order chi connectivity index (χ0) is 25.2. The van der Waals surface area contributed by atoms with Gasteiger partial charge in [0.2, 0.25) is 11.8 Å². The van der Waals surface area contributed by atoms with Crippen LogP contribution in [0.15, 0.2) is 42.5 Å². The maximum absolute atomic E-state index is 14.1. The van der Waals surface area contributed by atoms with E-state index < -0.39 is 6.04 Å². The second-order valence-electron chi connectivity index (χ2n) is 8.83. The van der Waals surface area contributed by atoms with Crippen LogP contribution >= 0.6 is 23.4 Å². The monoisotopic (exact) mass is 520 g/mol. The molecule has 0 saturated heterocycles. The summed E-state index contributed by atoms with van der Waals surface area (Å²) in [4.78, 5) is 28.3. The number of halogens is 2. The van der Waals surface area contributed by atoms with Gasteiger partial charge in [0.1, 0.15) is 17.6 Å². The van der Waals surface area contributed by atoms with Crippen LogP contribution in [0.4, 0.5) is 4.39 Å². The molecule has 0 aliphatic heterocycles. The lowest BCUT2D eigenvalue weighted by Gasteiger charge is -2.32. The molecule has 1 unspecified atom stereocenters. The maximum atomic E-state index is 14.1. The van der Waals surface area contributed by atoms with Gasteiger partial charge in [0.25, 0.3) is 0 Å². The minimum Gasteiger partial charge on any atom is -0.497 e. The summed E-state index contributed by atoms with van der Waals surface area (Å²) in [5.74, 6) is 0.469. The quantitative estimate of drug-likeness (QED) is 0.396. The van der Waals surface area contributed by atoms with Crippen LogP contribution in [0, 0.1) is 5.82 Å². The van der Waals surface area contributed by atoms with Crippen molar-refractivity contribution in [1.29, 1.82) is 0 Å². The molecule has 1 N–H and O–H groups in total. The third kappa shape index (κ3) is 7.87. The number of thioether (sulfide) groups is 1. The molecule has 8 heteroatoms. The van der Waals surface area contributed by atoms with Gasteiger partial charge < -0.3 is 15.0 Å². The van der Waals surface area contributed by atoms with Crippen LogP contribution in [0.1, 0.15) is 56.6 Å². The number of methoxy groups -OCH3 is 1. The second kappa shape index (κ2) is 13.7. The lowest BCUT2D eigenvalue weighted by molar-refractivity contribution is -0.139. The van der Waals surface area contributed by atoms with Gasteiger partial charge in [-0.1, -0.05) is 56.0 Å². The normalized spacial score (nSPS) is 14.9. The Labute approximate surface area is 216 Å². The summed E-state index contributed by atoms with van der Waals surface area (Å²) in [5.41, 5.74) is 1.29. The van der Waals surface area contributed by atoms with Gasteiger partial charge in [-0.25, -0.2) is 4.39 Å². The minimum absolute atomic E-state index is 0.108. The fourth-order valence-corrected chi connectivity index (χ4v) is 5.63. The first-order valence-electron chi connectivity index (χ1n) is 12.2. The van der Waals surface area contributed by atoms with Crippen LogP contribution in [0.5, 0.6) is 5.75 Å². The molecule has 0 heterocycles. The van der Waals surface area contributed by atoms with Crippen molar-refractivity contribution in [2.24, 2.45) is 0 Å². The van der Waals surface area contributed by atoms with Crippen LogP contribution in [0.25, 0.3) is 0 Å². The molecule has 0 radical (unpaired) electrons. The SMILES string of the molecule is CCC(C(=O)NC1CCCCC1)N(Cc1ccc(OC)cc1)C(=O)CSCc1c(F)cccc1Cl. The number of rotatable bonds is 11. The molecule has 35 heavy (non-hydrogen) atoms. The largest absolute Gasteiger partial charge is 0.497 e. The van der Waals surface area contributed by atoms with Crippen molar-refractivity contribution >= 4 is 35.2 Å². The molecule has 0 bridgehead atoms. The van der Waals surface area contributed by atoms with Gasteiger partial charge in [0.15, 0.2) is 0 Å². The van der Waals surface area contributed by atoms with E-state index in [9.17, 15) is 14.0 Å². The highest BCUT2D eigenvalue weighted by Crippen LogP contribution is 2.25. The number of carbonyl (C=O) groups excluding carboxylic acids is 2.